The molecule has 5 nitrogen and oxygen atoms in total. The lowest BCUT2D eigenvalue weighted by Gasteiger charge is -2.11. The Kier molecular flexibility index (Phi) is 2.52. The lowest BCUT2D eigenvalue weighted by atomic mass is 10.0. The number of benzene rings is 3. The SMILES string of the molecule is N#Cc1ccc2c(c1)oc1cc(=O)cc3oc4cc(O)ccc4c2c31. The molecule has 0 radical (unpaired) electrons. The molecule has 0 atom stereocenters. The molecule has 0 aliphatic carbocycles. The fraction of sp³-hybridized carbons (Fsp3) is 0. The minimum absolute atomic E-state index is 0.0772. The van der Waals surface area contributed by atoms with Crippen LogP contribution in [0.4, 0.5) is 0 Å². The van der Waals surface area contributed by atoms with Crippen LogP contribution >= 0.6 is 0 Å². The lowest BCUT2D eigenvalue weighted by Crippen LogP contribution is -1.97. The van der Waals surface area contributed by atoms with E-state index in [1.54, 1.807) is 24.3 Å². The van der Waals surface area contributed by atoms with Gasteiger partial charge in [0.1, 0.15) is 28.1 Å². The van der Waals surface area contributed by atoms with Gasteiger partial charge in [-0.1, -0.05) is 0 Å². The molecule has 5 heteroatoms. The average molecular weight is 327 g/mol. The van der Waals surface area contributed by atoms with Crippen LogP contribution < -0.4 is 5.43 Å². The molecule has 0 aliphatic heterocycles. The third-order valence-corrected chi connectivity index (χ3v) is 4.34. The van der Waals surface area contributed by atoms with Gasteiger partial charge in [0.15, 0.2) is 5.43 Å². The van der Waals surface area contributed by atoms with Crippen molar-refractivity contribution in [3.63, 3.8) is 0 Å². The van der Waals surface area contributed by atoms with Gasteiger partial charge >= 0.3 is 0 Å². The predicted octanol–water partition coefficient (Wildman–Crippen LogP) is 4.42. The van der Waals surface area contributed by atoms with Crippen LogP contribution in [0.25, 0.3) is 43.9 Å². The first-order chi connectivity index (χ1) is 12.1. The third kappa shape index (κ3) is 1.85. The quantitative estimate of drug-likeness (QED) is 0.336. The summed E-state index contributed by atoms with van der Waals surface area (Å²) in [5, 5.41) is 22.1. The maximum atomic E-state index is 12.0. The maximum Gasteiger partial charge on any atom is 0.186 e. The maximum absolute atomic E-state index is 12.0. The minimum Gasteiger partial charge on any atom is -0.508 e. The zero-order valence-electron chi connectivity index (χ0n) is 12.7. The second-order valence-electron chi connectivity index (χ2n) is 5.88. The number of hydrogen-bond acceptors (Lipinski definition) is 5. The normalized spacial score (nSPS) is 11.5. The molecule has 3 aromatic carbocycles. The number of fused-ring (bicyclic) bond motifs is 4. The van der Waals surface area contributed by atoms with E-state index in [4.69, 9.17) is 14.1 Å². The highest BCUT2D eigenvalue weighted by molar-refractivity contribution is 6.25. The van der Waals surface area contributed by atoms with Gasteiger partial charge in [-0.3, -0.25) is 4.79 Å². The van der Waals surface area contributed by atoms with E-state index in [1.165, 1.54) is 18.2 Å². The monoisotopic (exact) mass is 327 g/mol. The van der Waals surface area contributed by atoms with Crippen LogP contribution in [0.5, 0.6) is 5.75 Å². The van der Waals surface area contributed by atoms with E-state index in [-0.39, 0.29) is 11.2 Å². The van der Waals surface area contributed by atoms with E-state index >= 15 is 0 Å². The Morgan fingerprint density at radius 3 is 2.12 bits per heavy atom. The van der Waals surface area contributed by atoms with Gasteiger partial charge in [0.05, 0.1) is 17.0 Å². The standard InChI is InChI=1S/C20H9NO4/c21-9-10-1-3-13-15(5-10)24-17-7-12(23)8-18-20(17)19(13)14-4-2-11(22)6-16(14)25-18/h1-8,22H. The van der Waals surface area contributed by atoms with Gasteiger partial charge in [-0.25, -0.2) is 0 Å². The lowest BCUT2D eigenvalue weighted by molar-refractivity contribution is 0.474. The first kappa shape index (κ1) is 13.6. The molecule has 0 unspecified atom stereocenters. The number of rotatable bonds is 0. The van der Waals surface area contributed by atoms with E-state index in [0.29, 0.717) is 33.3 Å². The molecule has 2 aromatic heterocycles. The number of nitriles is 1. The number of nitrogens with zero attached hydrogens (tertiary/aromatic N) is 1. The van der Waals surface area contributed by atoms with Crippen molar-refractivity contribution >= 4 is 43.9 Å². The fourth-order valence-corrected chi connectivity index (χ4v) is 3.31. The first-order valence-electron chi connectivity index (χ1n) is 7.60. The molecule has 0 saturated carbocycles. The number of phenols is 1. The smallest absolute Gasteiger partial charge is 0.186 e. The number of phenolic OH excluding ortho intramolecular Hbond substituents is 1. The number of aromatic hydroxyl groups is 1. The van der Waals surface area contributed by atoms with Crippen molar-refractivity contribution in [2.75, 3.05) is 0 Å². The summed E-state index contributed by atoms with van der Waals surface area (Å²) in [5.41, 5.74) is 2.01. The van der Waals surface area contributed by atoms with Crippen molar-refractivity contribution in [1.29, 1.82) is 5.26 Å². The summed E-state index contributed by atoms with van der Waals surface area (Å²) in [6, 6.07) is 15.0. The Morgan fingerprint density at radius 2 is 1.44 bits per heavy atom. The summed E-state index contributed by atoms with van der Waals surface area (Å²) in [4.78, 5) is 12.0. The zero-order valence-corrected chi connectivity index (χ0v) is 12.7. The van der Waals surface area contributed by atoms with E-state index in [9.17, 15) is 9.90 Å². The molecule has 5 rings (SSSR count). The Hall–Kier alpha value is -3.78. The van der Waals surface area contributed by atoms with Gasteiger partial charge in [-0.05, 0) is 30.3 Å². The van der Waals surface area contributed by atoms with Gasteiger partial charge < -0.3 is 13.9 Å². The van der Waals surface area contributed by atoms with Crippen LogP contribution in [0.2, 0.25) is 0 Å². The van der Waals surface area contributed by atoms with Crippen LogP contribution in [0, 0.1) is 11.3 Å². The van der Waals surface area contributed by atoms with Gasteiger partial charge in [0.2, 0.25) is 0 Å². The Labute approximate surface area is 139 Å². The molecular weight excluding hydrogens is 318 g/mol. The van der Waals surface area contributed by atoms with Crippen molar-refractivity contribution < 1.29 is 13.9 Å². The van der Waals surface area contributed by atoms with Crippen LogP contribution in [0.15, 0.2) is 62.2 Å². The van der Waals surface area contributed by atoms with Crippen LogP contribution in [0.1, 0.15) is 5.56 Å². The summed E-state index contributed by atoms with van der Waals surface area (Å²) >= 11 is 0. The summed E-state index contributed by atoms with van der Waals surface area (Å²) < 4.78 is 11.7. The molecule has 1 N–H and O–H groups in total. The second-order valence-corrected chi connectivity index (χ2v) is 5.88. The zero-order chi connectivity index (χ0) is 17.1. The molecule has 0 fully saturated rings. The Balaban J connectivity index is 2.18. The fourth-order valence-electron chi connectivity index (χ4n) is 3.31. The molecule has 5 aromatic rings. The molecule has 118 valence electrons. The molecular formula is C20H9NO4. The van der Waals surface area contributed by atoms with Gasteiger partial charge in [0, 0.05) is 34.4 Å². The van der Waals surface area contributed by atoms with E-state index < -0.39 is 0 Å². The molecule has 0 aliphatic rings. The van der Waals surface area contributed by atoms with Crippen molar-refractivity contribution in [2.45, 2.75) is 0 Å². The third-order valence-electron chi connectivity index (χ3n) is 4.34. The van der Waals surface area contributed by atoms with Crippen LogP contribution in [-0.2, 0) is 0 Å². The largest absolute Gasteiger partial charge is 0.508 e. The Morgan fingerprint density at radius 1 is 0.800 bits per heavy atom. The number of hydrogen-bond donors (Lipinski definition) is 1. The highest BCUT2D eigenvalue weighted by atomic mass is 16.3. The van der Waals surface area contributed by atoms with E-state index in [0.717, 1.165) is 16.2 Å². The van der Waals surface area contributed by atoms with Crippen molar-refractivity contribution in [1.82, 2.24) is 0 Å². The van der Waals surface area contributed by atoms with Gasteiger partial charge in [-0.15, -0.1) is 0 Å². The van der Waals surface area contributed by atoms with E-state index in [1.807, 2.05) is 6.07 Å². The van der Waals surface area contributed by atoms with Crippen molar-refractivity contribution in [3.8, 4) is 11.8 Å². The molecule has 0 amide bonds. The Bertz CT molecular complexity index is 1430. The highest BCUT2D eigenvalue weighted by Gasteiger charge is 2.16. The molecule has 0 saturated heterocycles. The van der Waals surface area contributed by atoms with E-state index in [2.05, 4.69) is 6.07 Å². The second kappa shape index (κ2) is 4.62. The molecule has 2 heterocycles. The average Bonchev–Trinajstić information content (AvgIpc) is 2.60. The topological polar surface area (TPSA) is 87.4 Å². The summed E-state index contributed by atoms with van der Waals surface area (Å²) in [6.45, 7) is 0. The van der Waals surface area contributed by atoms with Crippen LogP contribution in [0.3, 0.4) is 0 Å². The van der Waals surface area contributed by atoms with Gasteiger partial charge in [-0.2, -0.15) is 5.26 Å². The molecule has 0 bridgehead atoms. The molecule has 0 spiro atoms. The first-order valence-corrected chi connectivity index (χ1v) is 7.60. The summed E-state index contributed by atoms with van der Waals surface area (Å²) in [5.74, 6) is 0.0772. The van der Waals surface area contributed by atoms with Crippen molar-refractivity contribution in [2.24, 2.45) is 0 Å². The van der Waals surface area contributed by atoms with Crippen molar-refractivity contribution in [3.05, 3.63) is 64.3 Å². The van der Waals surface area contributed by atoms with Crippen LogP contribution in [-0.4, -0.2) is 5.11 Å². The molecule has 25 heavy (non-hydrogen) atoms. The summed E-state index contributed by atoms with van der Waals surface area (Å²) in [6.07, 6.45) is 0. The minimum atomic E-state index is -0.239. The highest BCUT2D eigenvalue weighted by Crippen LogP contribution is 2.39. The van der Waals surface area contributed by atoms with Gasteiger partial charge in [0.25, 0.3) is 0 Å². The summed E-state index contributed by atoms with van der Waals surface area (Å²) in [7, 11) is 0. The predicted molar refractivity (Wildman–Crippen MR) is 93.6 cm³/mol.